The van der Waals surface area contributed by atoms with Crippen molar-refractivity contribution in [2.75, 3.05) is 0 Å². The van der Waals surface area contributed by atoms with E-state index in [1.807, 2.05) is 43.7 Å². The third kappa shape index (κ3) is 3.61. The van der Waals surface area contributed by atoms with E-state index in [0.717, 1.165) is 32.8 Å². The van der Waals surface area contributed by atoms with Gasteiger partial charge in [0.2, 0.25) is 0 Å². The van der Waals surface area contributed by atoms with Crippen molar-refractivity contribution in [1.82, 2.24) is 4.98 Å². The van der Waals surface area contributed by atoms with Crippen molar-refractivity contribution in [3.63, 3.8) is 0 Å². The van der Waals surface area contributed by atoms with E-state index >= 15 is 0 Å². The zero-order chi connectivity index (χ0) is 18.8. The van der Waals surface area contributed by atoms with Crippen LogP contribution < -0.4 is 0 Å². The van der Waals surface area contributed by atoms with Gasteiger partial charge in [0.05, 0.1) is 0 Å². The highest BCUT2D eigenvalue weighted by Crippen LogP contribution is 2.27. The average Bonchev–Trinajstić information content (AvgIpc) is 3.25. The second kappa shape index (κ2) is 7.51. The number of ether oxygens (including phenoxy) is 1. The van der Waals surface area contributed by atoms with E-state index in [2.05, 4.69) is 4.98 Å². The van der Waals surface area contributed by atoms with Crippen molar-refractivity contribution in [1.29, 1.82) is 0 Å². The van der Waals surface area contributed by atoms with Crippen LogP contribution in [0.1, 0.15) is 50.0 Å². The Kier molecular flexibility index (Phi) is 5.34. The van der Waals surface area contributed by atoms with Crippen LogP contribution in [0.5, 0.6) is 0 Å². The molecule has 0 aliphatic rings. The van der Waals surface area contributed by atoms with Gasteiger partial charge in [-0.2, -0.15) is 11.3 Å². The Morgan fingerprint density at radius 3 is 2.58 bits per heavy atom. The first-order valence-electron chi connectivity index (χ1n) is 8.14. The Morgan fingerprint density at radius 1 is 1.15 bits per heavy atom. The van der Waals surface area contributed by atoms with Gasteiger partial charge in [-0.3, -0.25) is 4.79 Å². The molecule has 0 aliphatic carbocycles. The van der Waals surface area contributed by atoms with Crippen LogP contribution in [0.2, 0.25) is 0 Å². The second-order valence-electron chi connectivity index (χ2n) is 6.17. The number of Topliss-reactive ketones (excluding diaryl/α,β-unsaturated/α-hetero) is 1. The van der Waals surface area contributed by atoms with Crippen molar-refractivity contribution in [3.05, 3.63) is 61.8 Å². The van der Waals surface area contributed by atoms with E-state index in [-0.39, 0.29) is 12.4 Å². The Morgan fingerprint density at radius 2 is 1.92 bits per heavy atom. The number of thiophene rings is 1. The van der Waals surface area contributed by atoms with Gasteiger partial charge in [-0.1, -0.05) is 6.07 Å². The lowest BCUT2D eigenvalue weighted by Gasteiger charge is -2.15. The maximum Gasteiger partial charge on any atom is 0.358 e. The van der Waals surface area contributed by atoms with Crippen molar-refractivity contribution in [2.45, 2.75) is 34.3 Å². The largest absolute Gasteiger partial charge is 0.456 e. The lowest BCUT2D eigenvalue weighted by Crippen LogP contribution is -2.10. The summed E-state index contributed by atoms with van der Waals surface area (Å²) in [6.45, 7) is 7.47. The first kappa shape index (κ1) is 18.5. The molecule has 2 aromatic heterocycles. The van der Waals surface area contributed by atoms with Crippen LogP contribution >= 0.6 is 22.7 Å². The molecule has 1 aromatic carbocycles. The number of carbonyl (C=O) groups excluding carboxylic acids is 2. The number of carbonyl (C=O) groups is 2. The first-order valence-corrected chi connectivity index (χ1v) is 9.96. The normalized spacial score (nSPS) is 10.8. The fraction of sp³-hybridized carbons (Fsp3) is 0.250. The van der Waals surface area contributed by atoms with E-state index in [4.69, 9.17) is 4.74 Å². The number of rotatable bonds is 5. The molecule has 0 spiro atoms. The van der Waals surface area contributed by atoms with Crippen LogP contribution in [0, 0.1) is 20.8 Å². The van der Waals surface area contributed by atoms with Crippen LogP contribution in [0.4, 0.5) is 0 Å². The lowest BCUT2D eigenvalue weighted by atomic mass is 9.92. The third-order valence-corrected chi connectivity index (χ3v) is 5.89. The number of thiazole rings is 1. The highest BCUT2D eigenvalue weighted by Gasteiger charge is 2.18. The fourth-order valence-corrected chi connectivity index (χ4v) is 4.59. The number of nitrogens with zero attached hydrogens (tertiary/aromatic N) is 1. The van der Waals surface area contributed by atoms with Crippen molar-refractivity contribution in [3.8, 4) is 10.6 Å². The lowest BCUT2D eigenvalue weighted by molar-refractivity contribution is 0.0465. The van der Waals surface area contributed by atoms with Gasteiger partial charge in [0.25, 0.3) is 0 Å². The van der Waals surface area contributed by atoms with Gasteiger partial charge in [-0.25, -0.2) is 9.78 Å². The summed E-state index contributed by atoms with van der Waals surface area (Å²) in [7, 11) is 0. The summed E-state index contributed by atoms with van der Waals surface area (Å²) in [6.07, 6.45) is 0. The number of hydrogen-bond acceptors (Lipinski definition) is 6. The molecule has 2 heterocycles. The molecule has 0 unspecified atom stereocenters. The van der Waals surface area contributed by atoms with Crippen molar-refractivity contribution in [2.24, 2.45) is 0 Å². The van der Waals surface area contributed by atoms with Crippen LogP contribution in [0.25, 0.3) is 10.6 Å². The quantitative estimate of drug-likeness (QED) is 0.438. The predicted molar refractivity (Wildman–Crippen MR) is 105 cm³/mol. The summed E-state index contributed by atoms with van der Waals surface area (Å²) >= 11 is 3.01. The Bertz CT molecular complexity index is 971. The van der Waals surface area contributed by atoms with Crippen molar-refractivity contribution >= 4 is 34.4 Å². The standard InChI is InChI=1S/C20H19NO3S2/c1-11-7-12(2)18(14(4)22)13(3)16(11)8-24-20(23)17-10-26-19(21-17)15-5-6-25-9-15/h5-7,9-10H,8H2,1-4H3. The third-order valence-electron chi connectivity index (χ3n) is 4.31. The van der Waals surface area contributed by atoms with Crippen LogP contribution in [-0.2, 0) is 11.3 Å². The maximum absolute atomic E-state index is 12.4. The molecule has 4 nitrogen and oxygen atoms in total. The van der Waals surface area contributed by atoms with Gasteiger partial charge < -0.3 is 4.74 Å². The monoisotopic (exact) mass is 385 g/mol. The van der Waals surface area contributed by atoms with Gasteiger partial charge in [0.1, 0.15) is 11.6 Å². The molecular weight excluding hydrogens is 366 g/mol. The summed E-state index contributed by atoms with van der Waals surface area (Å²) in [6, 6.07) is 3.94. The number of benzene rings is 1. The van der Waals surface area contributed by atoms with E-state index in [9.17, 15) is 9.59 Å². The van der Waals surface area contributed by atoms with Gasteiger partial charge in [-0.05, 0) is 61.4 Å². The van der Waals surface area contributed by atoms with Gasteiger partial charge in [0, 0.05) is 21.9 Å². The van der Waals surface area contributed by atoms with E-state index in [1.165, 1.54) is 11.3 Å². The molecule has 0 atom stereocenters. The molecule has 0 saturated carbocycles. The summed E-state index contributed by atoms with van der Waals surface area (Å²) in [5.41, 5.74) is 5.73. The topological polar surface area (TPSA) is 56.3 Å². The zero-order valence-corrected chi connectivity index (χ0v) is 16.7. The highest BCUT2D eigenvalue weighted by atomic mass is 32.1. The second-order valence-corrected chi connectivity index (χ2v) is 7.81. The molecule has 0 fully saturated rings. The van der Waals surface area contributed by atoms with Crippen LogP contribution in [-0.4, -0.2) is 16.7 Å². The Hall–Kier alpha value is -2.31. The number of esters is 1. The molecule has 0 bridgehead atoms. The molecule has 6 heteroatoms. The molecule has 0 amide bonds. The number of hydrogen-bond donors (Lipinski definition) is 0. The summed E-state index contributed by atoms with van der Waals surface area (Å²) in [5.74, 6) is -0.432. The van der Waals surface area contributed by atoms with Crippen molar-refractivity contribution < 1.29 is 14.3 Å². The maximum atomic E-state index is 12.4. The molecule has 0 aliphatic heterocycles. The fourth-order valence-electron chi connectivity index (χ4n) is 3.09. The first-order chi connectivity index (χ1) is 12.4. The molecule has 3 rings (SSSR count). The minimum atomic E-state index is -0.452. The molecule has 3 aromatic rings. The predicted octanol–water partition coefficient (Wildman–Crippen LogP) is 5.36. The molecule has 26 heavy (non-hydrogen) atoms. The van der Waals surface area contributed by atoms with Gasteiger partial charge >= 0.3 is 5.97 Å². The molecule has 0 N–H and O–H groups in total. The van der Waals surface area contributed by atoms with Crippen LogP contribution in [0.3, 0.4) is 0 Å². The minimum absolute atomic E-state index is 0.0208. The van der Waals surface area contributed by atoms with E-state index in [1.54, 1.807) is 23.6 Å². The summed E-state index contributed by atoms with van der Waals surface area (Å²) in [5, 5.41) is 6.49. The Labute approximate surface area is 160 Å². The Balaban J connectivity index is 1.78. The molecule has 0 radical (unpaired) electrons. The molecular formula is C20H19NO3S2. The SMILES string of the molecule is CC(=O)c1c(C)cc(C)c(COC(=O)c2csc(-c3ccsc3)n2)c1C. The zero-order valence-electron chi connectivity index (χ0n) is 15.1. The average molecular weight is 386 g/mol. The molecule has 0 saturated heterocycles. The van der Waals surface area contributed by atoms with Crippen LogP contribution in [0.15, 0.2) is 28.3 Å². The van der Waals surface area contributed by atoms with E-state index in [0.29, 0.717) is 11.3 Å². The smallest absolute Gasteiger partial charge is 0.358 e. The number of aryl methyl sites for hydroxylation is 2. The highest BCUT2D eigenvalue weighted by molar-refractivity contribution is 7.14. The summed E-state index contributed by atoms with van der Waals surface area (Å²) in [4.78, 5) is 28.6. The van der Waals surface area contributed by atoms with Gasteiger partial charge in [0.15, 0.2) is 11.5 Å². The minimum Gasteiger partial charge on any atom is -0.456 e. The molecule has 134 valence electrons. The van der Waals surface area contributed by atoms with E-state index < -0.39 is 5.97 Å². The summed E-state index contributed by atoms with van der Waals surface area (Å²) < 4.78 is 5.48. The van der Waals surface area contributed by atoms with Gasteiger partial charge in [-0.15, -0.1) is 11.3 Å². The number of aromatic nitrogens is 1. The number of ketones is 1.